The third-order valence-electron chi connectivity index (χ3n) is 3.61. The predicted octanol–water partition coefficient (Wildman–Crippen LogP) is 3.73. The van der Waals surface area contributed by atoms with Crippen molar-refractivity contribution in [1.82, 2.24) is 5.32 Å². The summed E-state index contributed by atoms with van der Waals surface area (Å²) in [5, 5.41) is 14.8. The normalized spacial score (nSPS) is 12.5. The SMILES string of the molecule is COc1ccc(C(O)CNCc2cc3ccccc3s2)cc1. The van der Waals surface area contributed by atoms with Crippen LogP contribution in [0.5, 0.6) is 5.75 Å². The first-order valence-corrected chi connectivity index (χ1v) is 8.08. The van der Waals surface area contributed by atoms with Crippen molar-refractivity contribution in [2.75, 3.05) is 13.7 Å². The van der Waals surface area contributed by atoms with Gasteiger partial charge in [-0.1, -0.05) is 30.3 Å². The highest BCUT2D eigenvalue weighted by Gasteiger charge is 2.08. The molecule has 1 unspecified atom stereocenters. The number of methoxy groups -OCH3 is 1. The van der Waals surface area contributed by atoms with Crippen molar-refractivity contribution in [3.63, 3.8) is 0 Å². The average Bonchev–Trinajstić information content (AvgIpc) is 2.97. The molecule has 0 fully saturated rings. The molecule has 0 bridgehead atoms. The van der Waals surface area contributed by atoms with Crippen molar-refractivity contribution >= 4 is 21.4 Å². The van der Waals surface area contributed by atoms with Crippen LogP contribution in [0.4, 0.5) is 0 Å². The van der Waals surface area contributed by atoms with E-state index in [1.807, 2.05) is 24.3 Å². The number of thiophene rings is 1. The molecule has 114 valence electrons. The Morgan fingerprint density at radius 1 is 1.14 bits per heavy atom. The summed E-state index contributed by atoms with van der Waals surface area (Å²) >= 11 is 1.79. The molecule has 0 radical (unpaired) electrons. The number of hydrogen-bond donors (Lipinski definition) is 2. The molecular weight excluding hydrogens is 294 g/mol. The van der Waals surface area contributed by atoms with E-state index >= 15 is 0 Å². The zero-order chi connectivity index (χ0) is 15.4. The Labute approximate surface area is 134 Å². The maximum Gasteiger partial charge on any atom is 0.118 e. The van der Waals surface area contributed by atoms with Gasteiger partial charge < -0.3 is 15.2 Å². The molecule has 3 aromatic rings. The van der Waals surface area contributed by atoms with E-state index in [2.05, 4.69) is 35.6 Å². The molecule has 4 heteroatoms. The summed E-state index contributed by atoms with van der Waals surface area (Å²) in [6.07, 6.45) is -0.514. The van der Waals surface area contributed by atoms with Gasteiger partial charge >= 0.3 is 0 Å². The lowest BCUT2D eigenvalue weighted by molar-refractivity contribution is 0.174. The summed E-state index contributed by atoms with van der Waals surface area (Å²) in [6, 6.07) is 18.1. The number of ether oxygens (including phenoxy) is 1. The molecule has 0 aliphatic carbocycles. The second kappa shape index (κ2) is 6.92. The highest BCUT2D eigenvalue weighted by Crippen LogP contribution is 2.25. The first kappa shape index (κ1) is 15.0. The molecule has 3 rings (SSSR count). The van der Waals surface area contributed by atoms with Gasteiger partial charge in [0.25, 0.3) is 0 Å². The quantitative estimate of drug-likeness (QED) is 0.728. The minimum Gasteiger partial charge on any atom is -0.497 e. The van der Waals surface area contributed by atoms with Crippen LogP contribution in [0, 0.1) is 0 Å². The van der Waals surface area contributed by atoms with Crippen LogP contribution in [0.3, 0.4) is 0 Å². The van der Waals surface area contributed by atoms with Gasteiger partial charge in [0, 0.05) is 22.7 Å². The molecule has 0 amide bonds. The summed E-state index contributed by atoms with van der Waals surface area (Å²) in [5.74, 6) is 0.800. The average molecular weight is 313 g/mol. The molecule has 1 aromatic heterocycles. The Morgan fingerprint density at radius 3 is 2.64 bits per heavy atom. The largest absolute Gasteiger partial charge is 0.497 e. The predicted molar refractivity (Wildman–Crippen MR) is 91.5 cm³/mol. The fourth-order valence-corrected chi connectivity index (χ4v) is 3.43. The van der Waals surface area contributed by atoms with E-state index in [0.29, 0.717) is 6.54 Å². The van der Waals surface area contributed by atoms with Crippen molar-refractivity contribution in [2.45, 2.75) is 12.6 Å². The lowest BCUT2D eigenvalue weighted by atomic mass is 10.1. The van der Waals surface area contributed by atoms with Crippen molar-refractivity contribution in [1.29, 1.82) is 0 Å². The fraction of sp³-hybridized carbons (Fsp3) is 0.222. The van der Waals surface area contributed by atoms with Gasteiger partial charge in [-0.2, -0.15) is 0 Å². The van der Waals surface area contributed by atoms with Crippen molar-refractivity contribution < 1.29 is 9.84 Å². The summed E-state index contributed by atoms with van der Waals surface area (Å²) in [5.41, 5.74) is 0.893. The van der Waals surface area contributed by atoms with Gasteiger partial charge in [0.1, 0.15) is 5.75 Å². The third-order valence-corrected chi connectivity index (χ3v) is 4.73. The van der Waals surface area contributed by atoms with Gasteiger partial charge in [0.05, 0.1) is 13.2 Å². The Kier molecular flexibility index (Phi) is 4.73. The molecule has 0 aliphatic heterocycles. The van der Waals surface area contributed by atoms with Crippen LogP contribution in [0.15, 0.2) is 54.6 Å². The van der Waals surface area contributed by atoms with Crippen molar-refractivity contribution in [2.24, 2.45) is 0 Å². The fourth-order valence-electron chi connectivity index (χ4n) is 2.40. The Morgan fingerprint density at radius 2 is 1.91 bits per heavy atom. The Balaban J connectivity index is 1.55. The number of benzene rings is 2. The Bertz CT molecular complexity index is 703. The van der Waals surface area contributed by atoms with Crippen molar-refractivity contribution in [3.05, 3.63) is 65.0 Å². The van der Waals surface area contributed by atoms with Crippen LogP contribution in [0.25, 0.3) is 10.1 Å². The maximum absolute atomic E-state index is 10.2. The van der Waals surface area contributed by atoms with Gasteiger partial charge in [-0.3, -0.25) is 0 Å². The molecule has 1 atom stereocenters. The molecular formula is C18H19NO2S. The smallest absolute Gasteiger partial charge is 0.118 e. The van der Waals surface area contributed by atoms with E-state index in [1.165, 1.54) is 15.0 Å². The molecule has 0 aliphatic rings. The second-order valence-electron chi connectivity index (χ2n) is 5.17. The van der Waals surface area contributed by atoms with Crippen LogP contribution in [-0.4, -0.2) is 18.8 Å². The zero-order valence-corrected chi connectivity index (χ0v) is 13.3. The van der Waals surface area contributed by atoms with Crippen LogP contribution in [0.1, 0.15) is 16.5 Å². The third kappa shape index (κ3) is 3.47. The van der Waals surface area contributed by atoms with Crippen LogP contribution >= 0.6 is 11.3 Å². The molecule has 0 spiro atoms. The molecule has 3 nitrogen and oxygen atoms in total. The maximum atomic E-state index is 10.2. The lowest BCUT2D eigenvalue weighted by Gasteiger charge is -2.12. The van der Waals surface area contributed by atoms with E-state index < -0.39 is 6.10 Å². The summed E-state index contributed by atoms with van der Waals surface area (Å²) in [4.78, 5) is 1.28. The first-order chi connectivity index (χ1) is 10.8. The minimum atomic E-state index is -0.514. The van der Waals surface area contributed by atoms with Crippen LogP contribution in [-0.2, 0) is 6.54 Å². The minimum absolute atomic E-state index is 0.514. The molecule has 22 heavy (non-hydrogen) atoms. The van der Waals surface area contributed by atoms with Crippen LogP contribution in [0.2, 0.25) is 0 Å². The van der Waals surface area contributed by atoms with Gasteiger partial charge in [-0.25, -0.2) is 0 Å². The van der Waals surface area contributed by atoms with E-state index in [-0.39, 0.29) is 0 Å². The van der Waals surface area contributed by atoms with E-state index in [1.54, 1.807) is 18.4 Å². The zero-order valence-electron chi connectivity index (χ0n) is 12.5. The highest BCUT2D eigenvalue weighted by molar-refractivity contribution is 7.19. The van der Waals surface area contributed by atoms with Gasteiger partial charge in [-0.05, 0) is 35.2 Å². The highest BCUT2D eigenvalue weighted by atomic mass is 32.1. The van der Waals surface area contributed by atoms with E-state index in [0.717, 1.165) is 17.9 Å². The first-order valence-electron chi connectivity index (χ1n) is 7.26. The van der Waals surface area contributed by atoms with Gasteiger partial charge in [0.15, 0.2) is 0 Å². The van der Waals surface area contributed by atoms with E-state index in [9.17, 15) is 5.11 Å². The molecule has 1 heterocycles. The number of aliphatic hydroxyl groups is 1. The molecule has 2 aromatic carbocycles. The second-order valence-corrected chi connectivity index (χ2v) is 6.34. The monoisotopic (exact) mass is 313 g/mol. The van der Waals surface area contributed by atoms with E-state index in [4.69, 9.17) is 4.74 Å². The molecule has 0 saturated carbocycles. The van der Waals surface area contributed by atoms with Gasteiger partial charge in [0.2, 0.25) is 0 Å². The summed E-state index contributed by atoms with van der Waals surface area (Å²) < 4.78 is 6.42. The molecule has 0 saturated heterocycles. The molecule has 2 N–H and O–H groups in total. The Hall–Kier alpha value is -1.88. The number of hydrogen-bond acceptors (Lipinski definition) is 4. The van der Waals surface area contributed by atoms with Gasteiger partial charge in [-0.15, -0.1) is 11.3 Å². The lowest BCUT2D eigenvalue weighted by Crippen LogP contribution is -2.20. The number of nitrogens with one attached hydrogen (secondary N) is 1. The standard InChI is InChI=1S/C18H19NO2S/c1-21-15-8-6-13(7-9-15)17(20)12-19-11-16-10-14-4-2-3-5-18(14)22-16/h2-10,17,19-20H,11-12H2,1H3. The topological polar surface area (TPSA) is 41.5 Å². The summed E-state index contributed by atoms with van der Waals surface area (Å²) in [6.45, 7) is 1.30. The number of rotatable bonds is 6. The van der Waals surface area contributed by atoms with Crippen LogP contribution < -0.4 is 10.1 Å². The number of aliphatic hydroxyl groups excluding tert-OH is 1. The number of fused-ring (bicyclic) bond motifs is 1. The van der Waals surface area contributed by atoms with Crippen molar-refractivity contribution in [3.8, 4) is 5.75 Å². The summed E-state index contributed by atoms with van der Waals surface area (Å²) in [7, 11) is 1.64.